The van der Waals surface area contributed by atoms with E-state index < -0.39 is 0 Å². The van der Waals surface area contributed by atoms with Gasteiger partial charge in [0.15, 0.2) is 0 Å². The summed E-state index contributed by atoms with van der Waals surface area (Å²) in [6, 6.07) is 0.313. The van der Waals surface area contributed by atoms with E-state index in [1.54, 1.807) is 0 Å². The standard InChI is InChI=1S/C17H29NO2/c1-12(13-9-10-13)17(20)18-11-5-4-7-15(18)14-6-2-3-8-16(14)19/h12-16,19H,2-11H2,1H3. The van der Waals surface area contributed by atoms with E-state index in [4.69, 9.17) is 0 Å². The van der Waals surface area contributed by atoms with Gasteiger partial charge in [0, 0.05) is 24.4 Å². The highest BCUT2D eigenvalue weighted by Crippen LogP contribution is 2.40. The predicted molar refractivity (Wildman–Crippen MR) is 79.2 cm³/mol. The van der Waals surface area contributed by atoms with Crippen LogP contribution in [-0.2, 0) is 4.79 Å². The summed E-state index contributed by atoms with van der Waals surface area (Å²) in [5.41, 5.74) is 0. The number of likely N-dealkylation sites (tertiary alicyclic amines) is 1. The van der Waals surface area contributed by atoms with Crippen LogP contribution in [0.3, 0.4) is 0 Å². The maximum absolute atomic E-state index is 12.8. The van der Waals surface area contributed by atoms with Crippen LogP contribution in [0, 0.1) is 17.8 Å². The number of hydrogen-bond donors (Lipinski definition) is 1. The zero-order valence-electron chi connectivity index (χ0n) is 12.8. The van der Waals surface area contributed by atoms with Gasteiger partial charge in [0.25, 0.3) is 0 Å². The summed E-state index contributed by atoms with van der Waals surface area (Å²) < 4.78 is 0. The molecule has 4 atom stereocenters. The van der Waals surface area contributed by atoms with E-state index in [1.165, 1.54) is 25.7 Å². The van der Waals surface area contributed by atoms with Crippen LogP contribution in [0.5, 0.6) is 0 Å². The van der Waals surface area contributed by atoms with Gasteiger partial charge in [-0.1, -0.05) is 19.8 Å². The van der Waals surface area contributed by atoms with Gasteiger partial charge in [0.2, 0.25) is 5.91 Å². The Morgan fingerprint density at radius 2 is 1.75 bits per heavy atom. The molecule has 0 spiro atoms. The summed E-state index contributed by atoms with van der Waals surface area (Å²) in [5, 5.41) is 10.3. The lowest BCUT2D eigenvalue weighted by atomic mass is 9.77. The molecule has 20 heavy (non-hydrogen) atoms. The van der Waals surface area contributed by atoms with Gasteiger partial charge >= 0.3 is 0 Å². The first-order valence-corrected chi connectivity index (χ1v) is 8.67. The van der Waals surface area contributed by atoms with Gasteiger partial charge in [0.05, 0.1) is 6.10 Å². The van der Waals surface area contributed by atoms with Crippen LogP contribution in [-0.4, -0.2) is 34.6 Å². The largest absolute Gasteiger partial charge is 0.393 e. The Bertz CT molecular complexity index is 353. The zero-order valence-corrected chi connectivity index (χ0v) is 12.8. The molecule has 0 radical (unpaired) electrons. The van der Waals surface area contributed by atoms with E-state index in [0.717, 1.165) is 38.6 Å². The molecule has 2 aliphatic carbocycles. The molecule has 0 aromatic carbocycles. The number of piperidine rings is 1. The maximum Gasteiger partial charge on any atom is 0.225 e. The molecule has 3 nitrogen and oxygen atoms in total. The van der Waals surface area contributed by atoms with Crippen LogP contribution in [0.25, 0.3) is 0 Å². The maximum atomic E-state index is 12.8. The molecule has 4 unspecified atom stereocenters. The molecular formula is C17H29NO2. The highest BCUT2D eigenvalue weighted by Gasteiger charge is 2.41. The molecule has 114 valence electrons. The van der Waals surface area contributed by atoms with Gasteiger partial charge in [-0.25, -0.2) is 0 Å². The van der Waals surface area contributed by atoms with Crippen molar-refractivity contribution in [1.82, 2.24) is 4.90 Å². The van der Waals surface area contributed by atoms with Crippen molar-refractivity contribution in [3.05, 3.63) is 0 Å². The van der Waals surface area contributed by atoms with Crippen LogP contribution >= 0.6 is 0 Å². The SMILES string of the molecule is CC(C(=O)N1CCCCC1C1CCCCC1O)C1CC1. The van der Waals surface area contributed by atoms with Crippen molar-refractivity contribution in [1.29, 1.82) is 0 Å². The first-order valence-electron chi connectivity index (χ1n) is 8.67. The highest BCUT2D eigenvalue weighted by atomic mass is 16.3. The zero-order chi connectivity index (χ0) is 14.1. The Labute approximate surface area is 122 Å². The second-order valence-electron chi connectivity index (χ2n) is 7.24. The number of aliphatic hydroxyl groups is 1. The van der Waals surface area contributed by atoms with Gasteiger partial charge in [-0.2, -0.15) is 0 Å². The van der Waals surface area contributed by atoms with Crippen molar-refractivity contribution in [2.24, 2.45) is 17.8 Å². The Hall–Kier alpha value is -0.570. The summed E-state index contributed by atoms with van der Waals surface area (Å²) in [4.78, 5) is 14.9. The van der Waals surface area contributed by atoms with Crippen molar-refractivity contribution in [2.75, 3.05) is 6.54 Å². The van der Waals surface area contributed by atoms with Crippen molar-refractivity contribution in [2.45, 2.75) is 76.9 Å². The molecule has 0 aromatic heterocycles. The summed E-state index contributed by atoms with van der Waals surface area (Å²) >= 11 is 0. The fourth-order valence-corrected chi connectivity index (χ4v) is 4.32. The lowest BCUT2D eigenvalue weighted by molar-refractivity contribution is -0.142. The predicted octanol–water partition coefficient (Wildman–Crippen LogP) is 2.96. The van der Waals surface area contributed by atoms with Gasteiger partial charge in [0.1, 0.15) is 0 Å². The molecule has 1 heterocycles. The van der Waals surface area contributed by atoms with Crippen LogP contribution in [0.15, 0.2) is 0 Å². The number of amides is 1. The molecule has 2 saturated carbocycles. The van der Waals surface area contributed by atoms with Gasteiger partial charge < -0.3 is 10.0 Å². The fourth-order valence-electron chi connectivity index (χ4n) is 4.32. The van der Waals surface area contributed by atoms with Crippen LogP contribution in [0.1, 0.15) is 64.7 Å². The molecule has 0 aromatic rings. The molecule has 3 heteroatoms. The molecular weight excluding hydrogens is 250 g/mol. The third-order valence-corrected chi connectivity index (χ3v) is 5.83. The van der Waals surface area contributed by atoms with E-state index in [-0.39, 0.29) is 12.0 Å². The van der Waals surface area contributed by atoms with E-state index in [9.17, 15) is 9.90 Å². The second-order valence-corrected chi connectivity index (χ2v) is 7.24. The van der Waals surface area contributed by atoms with Crippen LogP contribution in [0.4, 0.5) is 0 Å². The lowest BCUT2D eigenvalue weighted by Crippen LogP contribution is -2.52. The van der Waals surface area contributed by atoms with Gasteiger partial charge in [-0.15, -0.1) is 0 Å². The molecule has 3 rings (SSSR count). The van der Waals surface area contributed by atoms with Gasteiger partial charge in [-0.3, -0.25) is 4.79 Å². The van der Waals surface area contributed by atoms with E-state index in [1.807, 2.05) is 0 Å². The molecule has 1 N–H and O–H groups in total. The Balaban J connectivity index is 1.70. The quantitative estimate of drug-likeness (QED) is 0.863. The summed E-state index contributed by atoms with van der Waals surface area (Å²) in [5.74, 6) is 1.55. The molecule has 1 saturated heterocycles. The van der Waals surface area contributed by atoms with E-state index >= 15 is 0 Å². The van der Waals surface area contributed by atoms with Gasteiger partial charge in [-0.05, 0) is 50.9 Å². The molecule has 0 bridgehead atoms. The minimum atomic E-state index is -0.182. The lowest BCUT2D eigenvalue weighted by Gasteiger charge is -2.44. The van der Waals surface area contributed by atoms with Crippen molar-refractivity contribution < 1.29 is 9.90 Å². The minimum absolute atomic E-state index is 0.182. The van der Waals surface area contributed by atoms with E-state index in [0.29, 0.717) is 23.8 Å². The van der Waals surface area contributed by atoms with Crippen LogP contribution in [0.2, 0.25) is 0 Å². The highest BCUT2D eigenvalue weighted by molar-refractivity contribution is 5.79. The topological polar surface area (TPSA) is 40.5 Å². The number of carbonyl (C=O) groups is 1. The molecule has 3 aliphatic rings. The Morgan fingerprint density at radius 1 is 1.05 bits per heavy atom. The fraction of sp³-hybridized carbons (Fsp3) is 0.941. The molecule has 3 fully saturated rings. The minimum Gasteiger partial charge on any atom is -0.393 e. The number of hydrogen-bond acceptors (Lipinski definition) is 2. The number of nitrogens with zero attached hydrogens (tertiary/aromatic N) is 1. The average Bonchev–Trinajstić information content (AvgIpc) is 3.31. The number of aliphatic hydroxyl groups excluding tert-OH is 1. The second kappa shape index (κ2) is 6.05. The van der Waals surface area contributed by atoms with Crippen molar-refractivity contribution in [3.8, 4) is 0 Å². The third-order valence-electron chi connectivity index (χ3n) is 5.83. The smallest absolute Gasteiger partial charge is 0.225 e. The first kappa shape index (κ1) is 14.4. The van der Waals surface area contributed by atoms with E-state index in [2.05, 4.69) is 11.8 Å². The number of carbonyl (C=O) groups excluding carboxylic acids is 1. The summed E-state index contributed by atoms with van der Waals surface area (Å²) in [6.07, 6.45) is 10.2. The first-order chi connectivity index (χ1) is 9.68. The molecule has 1 amide bonds. The normalized spacial score (nSPS) is 36.7. The molecule has 1 aliphatic heterocycles. The number of rotatable bonds is 3. The summed E-state index contributed by atoms with van der Waals surface area (Å²) in [7, 11) is 0. The van der Waals surface area contributed by atoms with Crippen LogP contribution < -0.4 is 0 Å². The van der Waals surface area contributed by atoms with Crippen molar-refractivity contribution in [3.63, 3.8) is 0 Å². The third kappa shape index (κ3) is 2.88. The summed E-state index contributed by atoms with van der Waals surface area (Å²) in [6.45, 7) is 3.03. The van der Waals surface area contributed by atoms with Crippen molar-refractivity contribution >= 4 is 5.91 Å². The Morgan fingerprint density at radius 3 is 2.45 bits per heavy atom. The Kier molecular flexibility index (Phi) is 4.34. The average molecular weight is 279 g/mol. The monoisotopic (exact) mass is 279 g/mol.